The first kappa shape index (κ1) is 16.1. The van der Waals surface area contributed by atoms with E-state index in [2.05, 4.69) is 10.3 Å². The number of aryl methyl sites for hydroxylation is 1. The number of pyridine rings is 1. The van der Waals surface area contributed by atoms with Crippen LogP contribution in [0.15, 0.2) is 48.3 Å². The molecule has 0 fully saturated rings. The van der Waals surface area contributed by atoms with E-state index < -0.39 is 0 Å². The summed E-state index contributed by atoms with van der Waals surface area (Å²) in [7, 11) is 1.84. The van der Waals surface area contributed by atoms with Crippen molar-refractivity contribution in [2.75, 3.05) is 12.4 Å². The van der Waals surface area contributed by atoms with E-state index in [1.54, 1.807) is 12.3 Å². The van der Waals surface area contributed by atoms with Crippen molar-refractivity contribution in [1.29, 1.82) is 0 Å². The van der Waals surface area contributed by atoms with Crippen LogP contribution in [0, 0.1) is 0 Å². The van der Waals surface area contributed by atoms with Crippen molar-refractivity contribution in [3.05, 3.63) is 65.0 Å². The SMILES string of the molecule is CNc1cccc2c1CC(=O)C(C(=O)CCCc1cccnc1)=C2. The molecule has 3 rings (SSSR count). The maximum Gasteiger partial charge on any atom is 0.170 e. The molecule has 0 bridgehead atoms. The number of aromatic nitrogens is 1. The second-order valence-electron chi connectivity index (χ2n) is 5.92. The van der Waals surface area contributed by atoms with Crippen molar-refractivity contribution in [3.8, 4) is 0 Å². The quantitative estimate of drug-likeness (QED) is 0.830. The minimum absolute atomic E-state index is 0.0654. The molecule has 0 radical (unpaired) electrons. The molecule has 0 unspecified atom stereocenters. The summed E-state index contributed by atoms with van der Waals surface area (Å²) in [5, 5.41) is 3.10. The topological polar surface area (TPSA) is 59.1 Å². The lowest BCUT2D eigenvalue weighted by molar-refractivity contribution is -0.121. The van der Waals surface area contributed by atoms with Gasteiger partial charge in [0.1, 0.15) is 0 Å². The number of allylic oxidation sites excluding steroid dienone is 1. The van der Waals surface area contributed by atoms with Gasteiger partial charge in [-0.3, -0.25) is 14.6 Å². The maximum atomic E-state index is 12.4. The van der Waals surface area contributed by atoms with E-state index in [-0.39, 0.29) is 18.0 Å². The second-order valence-corrected chi connectivity index (χ2v) is 5.92. The number of fused-ring (bicyclic) bond motifs is 1. The Balaban J connectivity index is 1.70. The highest BCUT2D eigenvalue weighted by molar-refractivity contribution is 6.25. The van der Waals surface area contributed by atoms with Crippen molar-refractivity contribution in [3.63, 3.8) is 0 Å². The number of benzene rings is 1. The minimum Gasteiger partial charge on any atom is -0.388 e. The molecule has 4 heteroatoms. The fraction of sp³-hybridized carbons (Fsp3) is 0.250. The van der Waals surface area contributed by atoms with Gasteiger partial charge in [-0.25, -0.2) is 0 Å². The van der Waals surface area contributed by atoms with E-state index in [0.29, 0.717) is 12.0 Å². The maximum absolute atomic E-state index is 12.4. The van der Waals surface area contributed by atoms with E-state index in [1.165, 1.54) is 0 Å². The monoisotopic (exact) mass is 320 g/mol. The molecular formula is C20H20N2O2. The number of anilines is 1. The number of hydrogen-bond donors (Lipinski definition) is 1. The Labute approximate surface area is 141 Å². The first-order chi connectivity index (χ1) is 11.7. The number of nitrogens with one attached hydrogen (secondary N) is 1. The second kappa shape index (κ2) is 7.21. The number of hydrogen-bond acceptors (Lipinski definition) is 4. The van der Waals surface area contributed by atoms with Gasteiger partial charge in [0, 0.05) is 38.0 Å². The van der Waals surface area contributed by atoms with Crippen LogP contribution in [-0.4, -0.2) is 23.6 Å². The molecular weight excluding hydrogens is 300 g/mol. The van der Waals surface area contributed by atoms with Crippen molar-refractivity contribution in [2.45, 2.75) is 25.7 Å². The molecule has 24 heavy (non-hydrogen) atoms. The Kier molecular flexibility index (Phi) is 4.85. The summed E-state index contributed by atoms with van der Waals surface area (Å²) in [6.07, 6.45) is 7.47. The third-order valence-corrected chi connectivity index (χ3v) is 4.31. The summed E-state index contributed by atoms with van der Waals surface area (Å²) < 4.78 is 0. The molecule has 0 saturated heterocycles. The smallest absolute Gasteiger partial charge is 0.170 e. The number of carbonyl (C=O) groups is 2. The first-order valence-corrected chi connectivity index (χ1v) is 8.15. The lowest BCUT2D eigenvalue weighted by Gasteiger charge is -2.18. The van der Waals surface area contributed by atoms with Gasteiger partial charge in [0.2, 0.25) is 0 Å². The highest BCUT2D eigenvalue weighted by atomic mass is 16.1. The van der Waals surface area contributed by atoms with Gasteiger partial charge in [-0.15, -0.1) is 0 Å². The molecule has 1 heterocycles. The van der Waals surface area contributed by atoms with Gasteiger partial charge in [-0.2, -0.15) is 0 Å². The van der Waals surface area contributed by atoms with Crippen LogP contribution in [0.3, 0.4) is 0 Å². The van der Waals surface area contributed by atoms with E-state index in [1.807, 2.05) is 43.6 Å². The molecule has 1 aliphatic rings. The van der Waals surface area contributed by atoms with Crippen molar-refractivity contribution in [1.82, 2.24) is 4.98 Å². The van der Waals surface area contributed by atoms with Crippen LogP contribution in [-0.2, 0) is 22.4 Å². The lowest BCUT2D eigenvalue weighted by Crippen LogP contribution is -2.20. The molecule has 1 aromatic carbocycles. The first-order valence-electron chi connectivity index (χ1n) is 8.15. The molecule has 0 saturated carbocycles. The van der Waals surface area contributed by atoms with Gasteiger partial charge in [0.25, 0.3) is 0 Å². The van der Waals surface area contributed by atoms with E-state index >= 15 is 0 Å². The van der Waals surface area contributed by atoms with Crippen molar-refractivity contribution in [2.24, 2.45) is 0 Å². The Bertz CT molecular complexity index is 795. The average Bonchev–Trinajstić information content (AvgIpc) is 2.61. The summed E-state index contributed by atoms with van der Waals surface area (Å²) in [6, 6.07) is 9.71. The number of Topliss-reactive ketones (excluding diaryl/α,β-unsaturated/α-hetero) is 2. The molecule has 1 N–H and O–H groups in total. The fourth-order valence-electron chi connectivity index (χ4n) is 3.03. The van der Waals surface area contributed by atoms with Crippen LogP contribution in [0.2, 0.25) is 0 Å². The number of carbonyl (C=O) groups excluding carboxylic acids is 2. The van der Waals surface area contributed by atoms with Gasteiger partial charge in [-0.1, -0.05) is 18.2 Å². The fourth-order valence-corrected chi connectivity index (χ4v) is 3.03. The van der Waals surface area contributed by atoms with E-state index in [0.717, 1.165) is 35.2 Å². The Morgan fingerprint density at radius 2 is 2.12 bits per heavy atom. The molecule has 0 aliphatic heterocycles. The highest BCUT2D eigenvalue weighted by Gasteiger charge is 2.24. The third kappa shape index (κ3) is 3.43. The summed E-state index contributed by atoms with van der Waals surface area (Å²) in [6.45, 7) is 0. The van der Waals surface area contributed by atoms with Crippen LogP contribution in [0.25, 0.3) is 6.08 Å². The molecule has 122 valence electrons. The van der Waals surface area contributed by atoms with Crippen molar-refractivity contribution >= 4 is 23.3 Å². The molecule has 4 nitrogen and oxygen atoms in total. The summed E-state index contributed by atoms with van der Waals surface area (Å²) >= 11 is 0. The molecule has 2 aromatic rings. The molecule has 1 aliphatic carbocycles. The van der Waals surface area contributed by atoms with Crippen molar-refractivity contribution < 1.29 is 9.59 Å². The highest BCUT2D eigenvalue weighted by Crippen LogP contribution is 2.28. The predicted molar refractivity (Wildman–Crippen MR) is 94.9 cm³/mol. The minimum atomic E-state index is -0.0865. The summed E-state index contributed by atoms with van der Waals surface area (Å²) in [5.74, 6) is -0.152. The Hall–Kier alpha value is -2.75. The molecule has 0 atom stereocenters. The Morgan fingerprint density at radius 3 is 2.88 bits per heavy atom. The van der Waals surface area contributed by atoms with Crippen LogP contribution in [0.4, 0.5) is 5.69 Å². The summed E-state index contributed by atoms with van der Waals surface area (Å²) in [5.41, 5.74) is 4.31. The van der Waals surface area contributed by atoms with Gasteiger partial charge >= 0.3 is 0 Å². The normalized spacial score (nSPS) is 13.2. The van der Waals surface area contributed by atoms with Gasteiger partial charge in [-0.05, 0) is 47.7 Å². The van der Waals surface area contributed by atoms with E-state index in [9.17, 15) is 9.59 Å². The van der Waals surface area contributed by atoms with Gasteiger partial charge in [0.05, 0.1) is 5.57 Å². The van der Waals surface area contributed by atoms with Gasteiger partial charge in [0.15, 0.2) is 11.6 Å². The standard InChI is InChI=1S/C20H20N2O2/c1-21-18-8-3-7-15-11-17(20(24)12-16(15)18)19(23)9-2-5-14-6-4-10-22-13-14/h3-4,6-8,10-11,13,21H,2,5,9,12H2,1H3. The largest absolute Gasteiger partial charge is 0.388 e. The lowest BCUT2D eigenvalue weighted by atomic mass is 9.87. The third-order valence-electron chi connectivity index (χ3n) is 4.31. The Morgan fingerprint density at radius 1 is 1.25 bits per heavy atom. The zero-order chi connectivity index (χ0) is 16.9. The zero-order valence-corrected chi connectivity index (χ0v) is 13.7. The van der Waals surface area contributed by atoms with Gasteiger partial charge < -0.3 is 5.32 Å². The average molecular weight is 320 g/mol. The molecule has 0 spiro atoms. The van der Waals surface area contributed by atoms with Crippen LogP contribution >= 0.6 is 0 Å². The van der Waals surface area contributed by atoms with Crippen LogP contribution in [0.5, 0.6) is 0 Å². The molecule has 0 amide bonds. The number of ketones is 2. The molecule has 1 aromatic heterocycles. The zero-order valence-electron chi connectivity index (χ0n) is 13.7. The van der Waals surface area contributed by atoms with E-state index in [4.69, 9.17) is 0 Å². The predicted octanol–water partition coefficient (Wildman–Crippen LogP) is 3.22. The number of nitrogens with zero attached hydrogens (tertiary/aromatic N) is 1. The number of rotatable bonds is 6. The van der Waals surface area contributed by atoms with Crippen LogP contribution in [0.1, 0.15) is 29.5 Å². The van der Waals surface area contributed by atoms with Crippen LogP contribution < -0.4 is 5.32 Å². The summed E-state index contributed by atoms with van der Waals surface area (Å²) in [4.78, 5) is 28.9.